The molecular weight excluding hydrogens is 264 g/mol. The van der Waals surface area contributed by atoms with Crippen molar-refractivity contribution in [3.63, 3.8) is 0 Å². The van der Waals surface area contributed by atoms with E-state index >= 15 is 0 Å². The molecule has 0 atom stereocenters. The van der Waals surface area contributed by atoms with Crippen molar-refractivity contribution in [1.29, 1.82) is 0 Å². The van der Waals surface area contributed by atoms with Crippen molar-refractivity contribution in [3.05, 3.63) is 11.1 Å². The molecule has 0 spiro atoms. The minimum Gasteiger partial charge on any atom is -0.444 e. The summed E-state index contributed by atoms with van der Waals surface area (Å²) >= 11 is 1.35. The molecule has 0 aliphatic rings. The van der Waals surface area contributed by atoms with E-state index < -0.39 is 5.60 Å². The van der Waals surface area contributed by atoms with Crippen molar-refractivity contribution < 1.29 is 9.53 Å². The first-order valence-electron chi connectivity index (χ1n) is 6.29. The number of aromatic nitrogens is 2. The standard InChI is InChI=1S/C12H22N4O2S/c1-12(2,3)18-11(17)16(4)7-5-6-13-8-10-9-19-15-14-10/h9,13H,5-8H2,1-4H3. The Bertz CT molecular complexity index is 376. The lowest BCUT2D eigenvalue weighted by molar-refractivity contribution is 0.0297. The van der Waals surface area contributed by atoms with Crippen LogP contribution >= 0.6 is 11.5 Å². The number of hydrogen-bond donors (Lipinski definition) is 1. The van der Waals surface area contributed by atoms with Gasteiger partial charge in [0.25, 0.3) is 0 Å². The second-order valence-electron chi connectivity index (χ2n) is 5.33. The summed E-state index contributed by atoms with van der Waals surface area (Å²) in [6.45, 7) is 7.79. The van der Waals surface area contributed by atoms with Crippen molar-refractivity contribution in [3.8, 4) is 0 Å². The highest BCUT2D eigenvalue weighted by Gasteiger charge is 2.18. The molecule has 1 heterocycles. The van der Waals surface area contributed by atoms with Crippen LogP contribution in [0.15, 0.2) is 5.38 Å². The van der Waals surface area contributed by atoms with Gasteiger partial charge in [-0.1, -0.05) is 4.49 Å². The lowest BCUT2D eigenvalue weighted by atomic mass is 10.2. The van der Waals surface area contributed by atoms with E-state index in [0.717, 1.165) is 18.7 Å². The van der Waals surface area contributed by atoms with Gasteiger partial charge in [-0.2, -0.15) is 0 Å². The average Bonchev–Trinajstić information content (AvgIpc) is 2.79. The molecule has 0 fully saturated rings. The first kappa shape index (κ1) is 15.8. The fourth-order valence-corrected chi connectivity index (χ4v) is 1.80. The quantitative estimate of drug-likeness (QED) is 0.809. The van der Waals surface area contributed by atoms with Crippen molar-refractivity contribution in [2.45, 2.75) is 39.3 Å². The van der Waals surface area contributed by atoms with Gasteiger partial charge in [-0.15, -0.1) is 5.10 Å². The third-order valence-electron chi connectivity index (χ3n) is 2.26. The maximum atomic E-state index is 11.7. The molecule has 1 aromatic heterocycles. The van der Waals surface area contributed by atoms with Gasteiger partial charge < -0.3 is 15.0 Å². The van der Waals surface area contributed by atoms with Crippen LogP contribution in [-0.2, 0) is 11.3 Å². The lowest BCUT2D eigenvalue weighted by Gasteiger charge is -2.24. The minimum atomic E-state index is -0.443. The Kier molecular flexibility index (Phi) is 6.17. The van der Waals surface area contributed by atoms with Crippen molar-refractivity contribution in [2.24, 2.45) is 0 Å². The summed E-state index contributed by atoms with van der Waals surface area (Å²) in [7, 11) is 1.75. The normalized spacial score (nSPS) is 11.4. The molecule has 108 valence electrons. The Morgan fingerprint density at radius 2 is 2.26 bits per heavy atom. The van der Waals surface area contributed by atoms with Gasteiger partial charge in [0.05, 0.1) is 5.69 Å². The zero-order valence-corrected chi connectivity index (χ0v) is 12.8. The smallest absolute Gasteiger partial charge is 0.410 e. The largest absolute Gasteiger partial charge is 0.444 e. The fourth-order valence-electron chi connectivity index (χ4n) is 1.35. The van der Waals surface area contributed by atoms with Crippen LogP contribution in [0.4, 0.5) is 4.79 Å². The summed E-state index contributed by atoms with van der Waals surface area (Å²) in [4.78, 5) is 13.3. The highest BCUT2D eigenvalue weighted by Crippen LogP contribution is 2.09. The number of rotatable bonds is 6. The number of nitrogens with one attached hydrogen (secondary N) is 1. The minimum absolute atomic E-state index is 0.281. The highest BCUT2D eigenvalue weighted by molar-refractivity contribution is 7.03. The fraction of sp³-hybridized carbons (Fsp3) is 0.750. The third kappa shape index (κ3) is 7.07. The van der Waals surface area contributed by atoms with Crippen LogP contribution in [0.25, 0.3) is 0 Å². The van der Waals surface area contributed by atoms with Crippen molar-refractivity contribution in [2.75, 3.05) is 20.1 Å². The third-order valence-corrected chi connectivity index (χ3v) is 2.82. The zero-order chi connectivity index (χ0) is 14.3. The second kappa shape index (κ2) is 7.40. The van der Waals surface area contributed by atoms with Gasteiger partial charge in [0.2, 0.25) is 0 Å². The van der Waals surface area contributed by atoms with Crippen molar-refractivity contribution >= 4 is 17.6 Å². The molecule has 1 aromatic rings. The molecule has 6 nitrogen and oxygen atoms in total. The maximum Gasteiger partial charge on any atom is 0.410 e. The first-order valence-corrected chi connectivity index (χ1v) is 7.13. The molecule has 1 N–H and O–H groups in total. The van der Waals surface area contributed by atoms with Gasteiger partial charge in [0.1, 0.15) is 5.60 Å². The highest BCUT2D eigenvalue weighted by atomic mass is 32.1. The first-order chi connectivity index (χ1) is 8.88. The van der Waals surface area contributed by atoms with Gasteiger partial charge in [0, 0.05) is 25.5 Å². The molecule has 7 heteroatoms. The summed E-state index contributed by atoms with van der Waals surface area (Å²) in [5.41, 5.74) is 0.506. The van der Waals surface area contributed by atoms with Gasteiger partial charge in [-0.05, 0) is 45.3 Å². The molecule has 0 saturated heterocycles. The Balaban J connectivity index is 2.10. The Hall–Kier alpha value is -1.21. The summed E-state index contributed by atoms with van der Waals surface area (Å²) in [6.07, 6.45) is 0.587. The van der Waals surface area contributed by atoms with Crippen LogP contribution < -0.4 is 5.32 Å². The van der Waals surface area contributed by atoms with E-state index in [4.69, 9.17) is 4.74 Å². The van der Waals surface area contributed by atoms with Crippen LogP contribution in [0, 0.1) is 0 Å². The van der Waals surface area contributed by atoms with E-state index in [-0.39, 0.29) is 6.09 Å². The lowest BCUT2D eigenvalue weighted by Crippen LogP contribution is -2.35. The van der Waals surface area contributed by atoms with Crippen LogP contribution in [-0.4, -0.2) is 46.3 Å². The Labute approximate surface area is 118 Å². The molecule has 1 rings (SSSR count). The molecule has 0 aliphatic heterocycles. The van der Waals surface area contributed by atoms with Crippen LogP contribution in [0.2, 0.25) is 0 Å². The number of nitrogens with zero attached hydrogens (tertiary/aromatic N) is 3. The van der Waals surface area contributed by atoms with E-state index in [1.807, 2.05) is 26.2 Å². The monoisotopic (exact) mass is 286 g/mol. The van der Waals surface area contributed by atoms with Gasteiger partial charge >= 0.3 is 6.09 Å². The molecule has 0 aliphatic carbocycles. The molecule has 1 amide bonds. The van der Waals surface area contributed by atoms with Gasteiger partial charge in [-0.3, -0.25) is 0 Å². The SMILES string of the molecule is CN(CCCNCc1csnn1)C(=O)OC(C)(C)C. The van der Waals surface area contributed by atoms with E-state index in [1.165, 1.54) is 11.5 Å². The summed E-state index contributed by atoms with van der Waals surface area (Å²) < 4.78 is 9.05. The summed E-state index contributed by atoms with van der Waals surface area (Å²) in [5, 5.41) is 9.11. The van der Waals surface area contributed by atoms with E-state index in [0.29, 0.717) is 13.1 Å². The molecule has 0 saturated carbocycles. The Morgan fingerprint density at radius 3 is 2.84 bits per heavy atom. The average molecular weight is 286 g/mol. The molecule has 0 radical (unpaired) electrons. The summed E-state index contributed by atoms with van der Waals surface area (Å²) in [5.74, 6) is 0. The molecule has 0 aromatic carbocycles. The maximum absolute atomic E-state index is 11.7. The van der Waals surface area contributed by atoms with Crippen LogP contribution in [0.5, 0.6) is 0 Å². The second-order valence-corrected chi connectivity index (χ2v) is 5.94. The molecule has 0 unspecified atom stereocenters. The van der Waals surface area contributed by atoms with Crippen LogP contribution in [0.1, 0.15) is 32.9 Å². The predicted octanol–water partition coefficient (Wildman–Crippen LogP) is 1.88. The number of amides is 1. The van der Waals surface area contributed by atoms with Gasteiger partial charge in [-0.25, -0.2) is 4.79 Å². The number of ether oxygens (including phenoxy) is 1. The van der Waals surface area contributed by atoms with Crippen molar-refractivity contribution in [1.82, 2.24) is 19.8 Å². The summed E-state index contributed by atoms with van der Waals surface area (Å²) in [6, 6.07) is 0. The van der Waals surface area contributed by atoms with E-state index in [9.17, 15) is 4.79 Å². The zero-order valence-electron chi connectivity index (χ0n) is 12.0. The molecule has 0 bridgehead atoms. The number of carbonyl (C=O) groups excluding carboxylic acids is 1. The van der Waals surface area contributed by atoms with E-state index in [1.54, 1.807) is 11.9 Å². The predicted molar refractivity (Wildman–Crippen MR) is 75.1 cm³/mol. The number of carbonyl (C=O) groups is 1. The molecular formula is C12H22N4O2S. The van der Waals surface area contributed by atoms with E-state index in [2.05, 4.69) is 14.9 Å². The van der Waals surface area contributed by atoms with Crippen LogP contribution in [0.3, 0.4) is 0 Å². The van der Waals surface area contributed by atoms with Gasteiger partial charge in [0.15, 0.2) is 0 Å². The topological polar surface area (TPSA) is 67.3 Å². The Morgan fingerprint density at radius 1 is 1.53 bits per heavy atom. The number of hydrogen-bond acceptors (Lipinski definition) is 6. The molecule has 19 heavy (non-hydrogen) atoms.